The zero-order valence-electron chi connectivity index (χ0n) is 5.59. The van der Waals surface area contributed by atoms with Crippen molar-refractivity contribution in [2.45, 2.75) is 6.92 Å². The van der Waals surface area contributed by atoms with Gasteiger partial charge >= 0.3 is 0 Å². The van der Waals surface area contributed by atoms with Crippen LogP contribution in [0, 0.1) is 18.8 Å². The lowest BCUT2D eigenvalue weighted by molar-refractivity contribution is 1.36. The van der Waals surface area contributed by atoms with Crippen LogP contribution in [0.5, 0.6) is 0 Å². The van der Waals surface area contributed by atoms with E-state index in [9.17, 15) is 0 Å². The molecular formula is C7H7NS2. The van der Waals surface area contributed by atoms with Crippen LogP contribution >= 0.6 is 24.0 Å². The third kappa shape index (κ3) is 2.05. The van der Waals surface area contributed by atoms with Gasteiger partial charge in [-0.3, -0.25) is 0 Å². The summed E-state index contributed by atoms with van der Waals surface area (Å²) in [7, 11) is 0. The molecule has 0 atom stereocenters. The van der Waals surface area contributed by atoms with Crippen LogP contribution in [0.2, 0.25) is 0 Å². The number of hydrogen-bond donors (Lipinski definition) is 1. The molecule has 0 fully saturated rings. The highest BCUT2D eigenvalue weighted by molar-refractivity contribution is 7.80. The molecule has 0 bridgehead atoms. The largest absolute Gasteiger partial charge is 0.236 e. The van der Waals surface area contributed by atoms with E-state index >= 15 is 0 Å². The quantitative estimate of drug-likeness (QED) is 0.461. The Bertz CT molecular complexity index is 267. The predicted octanol–water partition coefficient (Wildman–Crippen LogP) is 1.73. The van der Waals surface area contributed by atoms with Crippen molar-refractivity contribution >= 4 is 24.0 Å². The van der Waals surface area contributed by atoms with Gasteiger partial charge in [0.1, 0.15) is 0 Å². The number of thiazole rings is 1. The summed E-state index contributed by atoms with van der Waals surface area (Å²) >= 11 is 5.57. The van der Waals surface area contributed by atoms with Crippen molar-refractivity contribution in [3.8, 4) is 11.8 Å². The molecule has 0 unspecified atom stereocenters. The van der Waals surface area contributed by atoms with Gasteiger partial charge < -0.3 is 0 Å². The van der Waals surface area contributed by atoms with Crippen LogP contribution < -0.4 is 0 Å². The number of rotatable bonds is 0. The summed E-state index contributed by atoms with van der Waals surface area (Å²) in [4.78, 5) is 5.26. The Kier molecular flexibility index (Phi) is 2.79. The molecule has 0 spiro atoms. The van der Waals surface area contributed by atoms with Crippen LogP contribution in [0.4, 0.5) is 0 Å². The zero-order valence-corrected chi connectivity index (χ0v) is 7.30. The molecule has 0 N–H and O–H groups in total. The van der Waals surface area contributed by atoms with Crippen LogP contribution in [0.1, 0.15) is 9.88 Å². The molecule has 1 heterocycles. The third-order valence-electron chi connectivity index (χ3n) is 0.896. The third-order valence-corrected chi connectivity index (χ3v) is 1.88. The van der Waals surface area contributed by atoms with Crippen molar-refractivity contribution in [2.75, 3.05) is 5.75 Å². The average molecular weight is 169 g/mol. The first-order valence-electron chi connectivity index (χ1n) is 2.85. The van der Waals surface area contributed by atoms with Gasteiger partial charge in [0.05, 0.1) is 5.75 Å². The lowest BCUT2D eigenvalue weighted by Gasteiger charge is -1.72. The molecule has 3 heteroatoms. The van der Waals surface area contributed by atoms with Gasteiger partial charge in [-0.25, -0.2) is 4.98 Å². The monoisotopic (exact) mass is 169 g/mol. The first-order valence-corrected chi connectivity index (χ1v) is 4.30. The summed E-state index contributed by atoms with van der Waals surface area (Å²) in [6.07, 6.45) is 1.83. The zero-order chi connectivity index (χ0) is 7.40. The number of aromatic nitrogens is 1. The summed E-state index contributed by atoms with van der Waals surface area (Å²) in [5, 5.41) is 0.881. The van der Waals surface area contributed by atoms with Crippen LogP contribution in [-0.4, -0.2) is 10.7 Å². The fourth-order valence-electron chi connectivity index (χ4n) is 0.528. The highest BCUT2D eigenvalue weighted by Crippen LogP contribution is 2.08. The average Bonchev–Trinajstić information content (AvgIpc) is 2.31. The highest BCUT2D eigenvalue weighted by Gasteiger charge is 1.90. The lowest BCUT2D eigenvalue weighted by Crippen LogP contribution is -1.67. The van der Waals surface area contributed by atoms with E-state index in [-0.39, 0.29) is 0 Å². The van der Waals surface area contributed by atoms with Gasteiger partial charge in [-0.2, -0.15) is 12.6 Å². The van der Waals surface area contributed by atoms with E-state index in [0.717, 1.165) is 5.01 Å². The molecule has 1 aromatic heterocycles. The van der Waals surface area contributed by atoms with Gasteiger partial charge in [-0.1, -0.05) is 5.92 Å². The van der Waals surface area contributed by atoms with Gasteiger partial charge in [0.15, 0.2) is 5.01 Å². The first-order chi connectivity index (χ1) is 4.83. The SMILES string of the molecule is Cc1cnc(C#CCS)s1. The molecule has 1 nitrogen and oxygen atoms in total. The normalized spacial score (nSPS) is 8.60. The standard InChI is InChI=1S/C7H7NS2/c1-6-5-8-7(10-6)3-2-4-9/h5,9H,4H2,1H3. The molecule has 0 amide bonds. The number of aryl methyl sites for hydroxylation is 1. The van der Waals surface area contributed by atoms with Gasteiger partial charge in [-0.15, -0.1) is 11.3 Å². The van der Waals surface area contributed by atoms with Crippen LogP contribution in [0.25, 0.3) is 0 Å². The fourth-order valence-corrected chi connectivity index (χ4v) is 1.25. The maximum absolute atomic E-state index is 4.06. The maximum atomic E-state index is 4.06. The Morgan fingerprint density at radius 2 is 2.60 bits per heavy atom. The topological polar surface area (TPSA) is 12.9 Å². The molecule has 1 aromatic rings. The van der Waals surface area contributed by atoms with Gasteiger partial charge in [0.25, 0.3) is 0 Å². The van der Waals surface area contributed by atoms with Gasteiger partial charge in [0.2, 0.25) is 0 Å². The van der Waals surface area contributed by atoms with Crippen molar-refractivity contribution in [3.05, 3.63) is 16.1 Å². The Balaban J connectivity index is 2.76. The molecule has 1 rings (SSSR count). The van der Waals surface area contributed by atoms with Crippen LogP contribution in [-0.2, 0) is 0 Å². The number of thiol groups is 1. The molecule has 0 radical (unpaired) electrons. The second-order valence-corrected chi connectivity index (χ2v) is 3.29. The van der Waals surface area contributed by atoms with Crippen LogP contribution in [0.3, 0.4) is 0 Å². The van der Waals surface area contributed by atoms with E-state index in [2.05, 4.69) is 29.5 Å². The van der Waals surface area contributed by atoms with Crippen molar-refractivity contribution in [1.82, 2.24) is 4.98 Å². The number of hydrogen-bond acceptors (Lipinski definition) is 3. The summed E-state index contributed by atoms with van der Waals surface area (Å²) in [5.41, 5.74) is 0. The Morgan fingerprint density at radius 3 is 3.10 bits per heavy atom. The van der Waals surface area contributed by atoms with E-state index in [1.54, 1.807) is 11.3 Å². The minimum atomic E-state index is 0.596. The molecule has 0 aliphatic carbocycles. The van der Waals surface area contributed by atoms with E-state index in [0.29, 0.717) is 5.75 Å². The Hall–Kier alpha value is -0.460. The van der Waals surface area contributed by atoms with E-state index in [1.165, 1.54) is 4.88 Å². The Morgan fingerprint density at radius 1 is 1.80 bits per heavy atom. The lowest BCUT2D eigenvalue weighted by atomic mass is 10.6. The highest BCUT2D eigenvalue weighted by atomic mass is 32.1. The van der Waals surface area contributed by atoms with Crippen molar-refractivity contribution in [2.24, 2.45) is 0 Å². The predicted molar refractivity (Wildman–Crippen MR) is 47.6 cm³/mol. The molecule has 0 saturated heterocycles. The fraction of sp³-hybridized carbons (Fsp3) is 0.286. The summed E-state index contributed by atoms with van der Waals surface area (Å²) < 4.78 is 0. The minimum absolute atomic E-state index is 0.596. The molecule has 10 heavy (non-hydrogen) atoms. The molecule has 0 aliphatic heterocycles. The van der Waals surface area contributed by atoms with E-state index in [1.807, 2.05) is 13.1 Å². The molecule has 0 aliphatic rings. The maximum Gasteiger partial charge on any atom is 0.167 e. The molecule has 0 aromatic carbocycles. The van der Waals surface area contributed by atoms with Gasteiger partial charge in [-0.05, 0) is 12.8 Å². The van der Waals surface area contributed by atoms with Crippen molar-refractivity contribution in [1.29, 1.82) is 0 Å². The van der Waals surface area contributed by atoms with Crippen molar-refractivity contribution < 1.29 is 0 Å². The summed E-state index contributed by atoms with van der Waals surface area (Å²) in [6.45, 7) is 2.02. The van der Waals surface area contributed by atoms with E-state index < -0.39 is 0 Å². The Labute approximate surface area is 69.9 Å². The van der Waals surface area contributed by atoms with Crippen molar-refractivity contribution in [3.63, 3.8) is 0 Å². The first kappa shape index (κ1) is 7.64. The van der Waals surface area contributed by atoms with Crippen LogP contribution in [0.15, 0.2) is 6.20 Å². The molecular weight excluding hydrogens is 162 g/mol. The van der Waals surface area contributed by atoms with E-state index in [4.69, 9.17) is 0 Å². The second kappa shape index (κ2) is 3.65. The second-order valence-electron chi connectivity index (χ2n) is 1.74. The van der Waals surface area contributed by atoms with Gasteiger partial charge in [0, 0.05) is 11.1 Å². The summed E-state index contributed by atoms with van der Waals surface area (Å²) in [6, 6.07) is 0. The summed E-state index contributed by atoms with van der Waals surface area (Å²) in [5.74, 6) is 6.33. The molecule has 0 saturated carbocycles. The minimum Gasteiger partial charge on any atom is -0.236 e. The molecule has 52 valence electrons. The number of nitrogens with zero attached hydrogens (tertiary/aromatic N) is 1. The smallest absolute Gasteiger partial charge is 0.167 e.